The third-order valence-electron chi connectivity index (χ3n) is 2.30. The molecule has 0 aliphatic rings. The van der Waals surface area contributed by atoms with E-state index < -0.39 is 18.2 Å². The van der Waals surface area contributed by atoms with Crippen LogP contribution in [0.1, 0.15) is 39.5 Å². The molecule has 15 heavy (non-hydrogen) atoms. The molecule has 0 aliphatic heterocycles. The van der Waals surface area contributed by atoms with Crippen LogP contribution in [0.25, 0.3) is 0 Å². The number of aliphatic carboxylic acids is 1. The zero-order valence-corrected chi connectivity index (χ0v) is 9.86. The van der Waals surface area contributed by atoms with Crippen molar-refractivity contribution in [3.63, 3.8) is 0 Å². The molecule has 0 aromatic carbocycles. The quantitative estimate of drug-likeness (QED) is 0.602. The van der Waals surface area contributed by atoms with Crippen LogP contribution < -0.4 is 0 Å². The van der Waals surface area contributed by atoms with Gasteiger partial charge in [-0.05, 0) is 13.3 Å². The van der Waals surface area contributed by atoms with E-state index in [1.54, 1.807) is 6.92 Å². The normalized spacial score (nSPS) is 14.9. The third kappa shape index (κ3) is 6.47. The van der Waals surface area contributed by atoms with Gasteiger partial charge in [0.1, 0.15) is 0 Å². The maximum atomic E-state index is 10.7. The first-order chi connectivity index (χ1) is 7.13. The van der Waals surface area contributed by atoms with Gasteiger partial charge >= 0.3 is 5.97 Å². The maximum Gasteiger partial charge on any atom is 0.335 e. The SMILES string of the molecule is CCCCCCOC(C)C(OC)C(=O)O. The van der Waals surface area contributed by atoms with Crippen LogP contribution in [0.15, 0.2) is 0 Å². The van der Waals surface area contributed by atoms with Crippen LogP contribution in [0.3, 0.4) is 0 Å². The summed E-state index contributed by atoms with van der Waals surface area (Å²) in [7, 11) is 1.38. The molecule has 0 heterocycles. The van der Waals surface area contributed by atoms with Crippen molar-refractivity contribution in [3.8, 4) is 0 Å². The fourth-order valence-electron chi connectivity index (χ4n) is 1.38. The first kappa shape index (κ1) is 14.4. The summed E-state index contributed by atoms with van der Waals surface area (Å²) < 4.78 is 10.2. The number of carboxylic acid groups (broad SMARTS) is 1. The van der Waals surface area contributed by atoms with Gasteiger partial charge < -0.3 is 14.6 Å². The van der Waals surface area contributed by atoms with Gasteiger partial charge in [0.2, 0.25) is 0 Å². The van der Waals surface area contributed by atoms with Crippen molar-refractivity contribution in [2.24, 2.45) is 0 Å². The predicted octanol–water partition coefficient (Wildman–Crippen LogP) is 2.07. The zero-order chi connectivity index (χ0) is 11.7. The standard InChI is InChI=1S/C11H22O4/c1-4-5-6-7-8-15-9(2)10(14-3)11(12)13/h9-10H,4-8H2,1-3H3,(H,12,13). The van der Waals surface area contributed by atoms with Gasteiger partial charge in [-0.1, -0.05) is 26.2 Å². The lowest BCUT2D eigenvalue weighted by atomic mass is 10.2. The Morgan fingerprint density at radius 2 is 2.00 bits per heavy atom. The summed E-state index contributed by atoms with van der Waals surface area (Å²) in [6.45, 7) is 4.48. The number of unbranched alkanes of at least 4 members (excludes halogenated alkanes) is 3. The van der Waals surface area contributed by atoms with Crippen LogP contribution in [0.5, 0.6) is 0 Å². The molecular weight excluding hydrogens is 196 g/mol. The Kier molecular flexibility index (Phi) is 8.33. The van der Waals surface area contributed by atoms with E-state index in [4.69, 9.17) is 14.6 Å². The Morgan fingerprint density at radius 1 is 1.33 bits per heavy atom. The maximum absolute atomic E-state index is 10.7. The Morgan fingerprint density at radius 3 is 2.47 bits per heavy atom. The van der Waals surface area contributed by atoms with Gasteiger partial charge in [0.05, 0.1) is 6.10 Å². The van der Waals surface area contributed by atoms with E-state index in [9.17, 15) is 4.79 Å². The minimum Gasteiger partial charge on any atom is -0.479 e. The first-order valence-corrected chi connectivity index (χ1v) is 5.50. The van der Waals surface area contributed by atoms with Crippen LogP contribution in [-0.4, -0.2) is 37.0 Å². The van der Waals surface area contributed by atoms with Crippen molar-refractivity contribution in [2.75, 3.05) is 13.7 Å². The smallest absolute Gasteiger partial charge is 0.335 e. The lowest BCUT2D eigenvalue weighted by molar-refractivity contribution is -0.157. The Hall–Kier alpha value is -0.610. The van der Waals surface area contributed by atoms with E-state index in [1.807, 2.05) is 0 Å². The molecule has 90 valence electrons. The third-order valence-corrected chi connectivity index (χ3v) is 2.30. The summed E-state index contributed by atoms with van der Waals surface area (Å²) in [6.07, 6.45) is 3.24. The second-order valence-corrected chi connectivity index (χ2v) is 3.63. The van der Waals surface area contributed by atoms with E-state index in [2.05, 4.69) is 6.92 Å². The number of methoxy groups -OCH3 is 1. The van der Waals surface area contributed by atoms with Gasteiger partial charge in [-0.3, -0.25) is 0 Å². The molecule has 0 radical (unpaired) electrons. The number of hydrogen-bond acceptors (Lipinski definition) is 3. The molecule has 0 rings (SSSR count). The molecule has 2 unspecified atom stereocenters. The highest BCUT2D eigenvalue weighted by Gasteiger charge is 2.24. The Labute approximate surface area is 91.6 Å². The molecule has 0 aliphatic carbocycles. The van der Waals surface area contributed by atoms with Crippen LogP contribution in [-0.2, 0) is 14.3 Å². The second kappa shape index (κ2) is 8.68. The fourth-order valence-corrected chi connectivity index (χ4v) is 1.38. The van der Waals surface area contributed by atoms with Crippen LogP contribution >= 0.6 is 0 Å². The fraction of sp³-hybridized carbons (Fsp3) is 0.909. The van der Waals surface area contributed by atoms with E-state index in [0.717, 1.165) is 12.8 Å². The average molecular weight is 218 g/mol. The Balaban J connectivity index is 3.62. The molecule has 4 heteroatoms. The second-order valence-electron chi connectivity index (χ2n) is 3.63. The van der Waals surface area contributed by atoms with Crippen molar-refractivity contribution in [3.05, 3.63) is 0 Å². The predicted molar refractivity (Wildman–Crippen MR) is 58.0 cm³/mol. The van der Waals surface area contributed by atoms with Gasteiger partial charge in [0.25, 0.3) is 0 Å². The molecule has 0 spiro atoms. The van der Waals surface area contributed by atoms with Crippen molar-refractivity contribution < 1.29 is 19.4 Å². The van der Waals surface area contributed by atoms with Crippen LogP contribution in [0, 0.1) is 0 Å². The molecule has 0 fully saturated rings. The van der Waals surface area contributed by atoms with Gasteiger partial charge in [-0.2, -0.15) is 0 Å². The lowest BCUT2D eigenvalue weighted by Crippen LogP contribution is -2.35. The molecule has 0 aromatic heterocycles. The molecule has 0 bridgehead atoms. The topological polar surface area (TPSA) is 55.8 Å². The number of carbonyl (C=O) groups is 1. The van der Waals surface area contributed by atoms with Gasteiger partial charge in [0, 0.05) is 13.7 Å². The van der Waals surface area contributed by atoms with E-state index in [1.165, 1.54) is 20.0 Å². The van der Waals surface area contributed by atoms with Crippen LogP contribution in [0.4, 0.5) is 0 Å². The molecule has 0 saturated heterocycles. The zero-order valence-electron chi connectivity index (χ0n) is 9.86. The summed E-state index contributed by atoms with van der Waals surface area (Å²) >= 11 is 0. The molecule has 0 aromatic rings. The largest absolute Gasteiger partial charge is 0.479 e. The number of carboxylic acids is 1. The molecule has 4 nitrogen and oxygen atoms in total. The van der Waals surface area contributed by atoms with Crippen molar-refractivity contribution in [1.29, 1.82) is 0 Å². The number of rotatable bonds is 9. The van der Waals surface area contributed by atoms with E-state index in [-0.39, 0.29) is 0 Å². The lowest BCUT2D eigenvalue weighted by Gasteiger charge is -2.19. The van der Waals surface area contributed by atoms with Gasteiger partial charge in [-0.25, -0.2) is 4.79 Å². The minimum atomic E-state index is -0.974. The molecule has 0 saturated carbocycles. The molecule has 2 atom stereocenters. The summed E-state index contributed by atoms with van der Waals surface area (Å²) in [4.78, 5) is 10.7. The molecule has 1 N–H and O–H groups in total. The highest BCUT2D eigenvalue weighted by molar-refractivity contribution is 5.73. The molecular formula is C11H22O4. The number of ether oxygens (including phenoxy) is 2. The minimum absolute atomic E-state index is 0.394. The van der Waals surface area contributed by atoms with Crippen molar-refractivity contribution in [1.82, 2.24) is 0 Å². The monoisotopic (exact) mass is 218 g/mol. The number of hydrogen-bond donors (Lipinski definition) is 1. The van der Waals surface area contributed by atoms with Crippen molar-refractivity contribution in [2.45, 2.75) is 51.7 Å². The first-order valence-electron chi connectivity index (χ1n) is 5.50. The summed E-state index contributed by atoms with van der Waals surface area (Å²) in [6, 6.07) is 0. The summed E-state index contributed by atoms with van der Waals surface area (Å²) in [5.74, 6) is -0.974. The van der Waals surface area contributed by atoms with Gasteiger partial charge in [0.15, 0.2) is 6.10 Å². The highest BCUT2D eigenvalue weighted by Crippen LogP contribution is 2.06. The van der Waals surface area contributed by atoms with Crippen molar-refractivity contribution >= 4 is 5.97 Å². The highest BCUT2D eigenvalue weighted by atomic mass is 16.5. The summed E-state index contributed by atoms with van der Waals surface area (Å²) in [5, 5.41) is 8.78. The van der Waals surface area contributed by atoms with Gasteiger partial charge in [-0.15, -0.1) is 0 Å². The average Bonchev–Trinajstić information content (AvgIpc) is 2.18. The van der Waals surface area contributed by atoms with E-state index in [0.29, 0.717) is 6.61 Å². The molecule has 0 amide bonds. The summed E-state index contributed by atoms with van der Waals surface area (Å²) in [5.41, 5.74) is 0. The van der Waals surface area contributed by atoms with E-state index >= 15 is 0 Å². The Bertz CT molecular complexity index is 170. The van der Waals surface area contributed by atoms with Crippen LogP contribution in [0.2, 0.25) is 0 Å².